The van der Waals surface area contributed by atoms with Gasteiger partial charge in [0.2, 0.25) is 0 Å². The Morgan fingerprint density at radius 1 is 0.542 bits per heavy atom. The average molecular weight is 338 g/mol. The summed E-state index contributed by atoms with van der Waals surface area (Å²) in [5.41, 5.74) is 0. The summed E-state index contributed by atoms with van der Waals surface area (Å²) < 4.78 is 0. The number of hydrogen-bond donors (Lipinski definition) is 0. The molecular formula is C22H43NO. The van der Waals surface area contributed by atoms with Crippen molar-refractivity contribution in [2.75, 3.05) is 6.54 Å². The normalized spacial score (nSPS) is 11.4. The van der Waals surface area contributed by atoms with Crippen LogP contribution in [-0.2, 0) is 0 Å². The molecule has 0 aliphatic carbocycles. The molecule has 0 rings (SSSR count). The molecule has 0 fully saturated rings. The Labute approximate surface area is 151 Å². The van der Waals surface area contributed by atoms with Gasteiger partial charge in [0.05, 0.1) is 6.54 Å². The molecule has 0 saturated carbocycles. The lowest BCUT2D eigenvalue weighted by molar-refractivity contribution is 0.554. The van der Waals surface area contributed by atoms with E-state index in [0.717, 1.165) is 6.42 Å². The molecule has 0 N–H and O–H groups in total. The SMILES string of the molecule is CCCCCCCC/C=C\CCCCCCCCCCCCN=O. The summed E-state index contributed by atoms with van der Waals surface area (Å²) in [6.45, 7) is 2.79. The summed E-state index contributed by atoms with van der Waals surface area (Å²) >= 11 is 0. The first-order chi connectivity index (χ1) is 11.9. The summed E-state index contributed by atoms with van der Waals surface area (Å²) in [4.78, 5) is 9.94. The lowest BCUT2D eigenvalue weighted by Gasteiger charge is -2.01. The van der Waals surface area contributed by atoms with Crippen LogP contribution in [0, 0.1) is 4.91 Å². The summed E-state index contributed by atoms with van der Waals surface area (Å²) in [7, 11) is 0. The fraction of sp³-hybridized carbons (Fsp3) is 0.909. The Morgan fingerprint density at radius 2 is 0.917 bits per heavy atom. The van der Waals surface area contributed by atoms with Crippen LogP contribution in [0.3, 0.4) is 0 Å². The molecule has 0 amide bonds. The standard InChI is InChI=1S/C22H43NO/c1-2-3-4-5-6-7-8-9-10-11-12-13-14-15-16-17-18-19-20-21-22-23-24/h9-10H,2-8,11-22H2,1H3/b10-9-. The molecule has 0 aromatic rings. The molecule has 0 unspecified atom stereocenters. The van der Waals surface area contributed by atoms with Crippen LogP contribution in [0.5, 0.6) is 0 Å². The molecule has 2 heteroatoms. The van der Waals surface area contributed by atoms with E-state index in [1.165, 1.54) is 109 Å². The van der Waals surface area contributed by atoms with Crippen LogP contribution in [0.25, 0.3) is 0 Å². The van der Waals surface area contributed by atoms with E-state index in [4.69, 9.17) is 0 Å². The van der Waals surface area contributed by atoms with Gasteiger partial charge >= 0.3 is 0 Å². The molecule has 0 aromatic carbocycles. The first kappa shape index (κ1) is 23.3. The smallest absolute Gasteiger partial charge is 0.0811 e. The van der Waals surface area contributed by atoms with Crippen LogP contribution >= 0.6 is 0 Å². The highest BCUT2D eigenvalue weighted by molar-refractivity contribution is 4.81. The minimum absolute atomic E-state index is 0.507. The Hall–Kier alpha value is -0.660. The van der Waals surface area contributed by atoms with Crippen molar-refractivity contribution < 1.29 is 0 Å². The van der Waals surface area contributed by atoms with Gasteiger partial charge in [0.15, 0.2) is 0 Å². The zero-order valence-corrected chi connectivity index (χ0v) is 16.4. The number of hydrogen-bond acceptors (Lipinski definition) is 2. The van der Waals surface area contributed by atoms with Crippen molar-refractivity contribution >= 4 is 0 Å². The topological polar surface area (TPSA) is 29.4 Å². The zero-order valence-electron chi connectivity index (χ0n) is 16.4. The third kappa shape index (κ3) is 21.3. The van der Waals surface area contributed by atoms with Crippen molar-refractivity contribution in [3.05, 3.63) is 17.1 Å². The quantitative estimate of drug-likeness (QED) is 0.125. The third-order valence-electron chi connectivity index (χ3n) is 4.76. The minimum Gasteiger partial charge on any atom is -0.151 e. The van der Waals surface area contributed by atoms with Crippen LogP contribution in [0.4, 0.5) is 0 Å². The van der Waals surface area contributed by atoms with Gasteiger partial charge in [-0.05, 0) is 32.1 Å². The van der Waals surface area contributed by atoms with E-state index in [1.807, 2.05) is 0 Å². The molecule has 2 nitrogen and oxygen atoms in total. The van der Waals surface area contributed by atoms with E-state index in [9.17, 15) is 4.91 Å². The zero-order chi connectivity index (χ0) is 17.6. The lowest BCUT2D eigenvalue weighted by Crippen LogP contribution is -1.83. The highest BCUT2D eigenvalue weighted by Gasteiger charge is 1.93. The maximum absolute atomic E-state index is 9.94. The summed E-state index contributed by atoms with van der Waals surface area (Å²) in [5, 5.41) is 2.90. The summed E-state index contributed by atoms with van der Waals surface area (Å²) in [5.74, 6) is 0. The van der Waals surface area contributed by atoms with Crippen molar-refractivity contribution in [3.63, 3.8) is 0 Å². The summed E-state index contributed by atoms with van der Waals surface area (Å²) in [6.07, 6.45) is 28.9. The molecule has 0 aliphatic rings. The van der Waals surface area contributed by atoms with Gasteiger partial charge in [-0.2, -0.15) is 4.91 Å². The molecule has 0 spiro atoms. The third-order valence-corrected chi connectivity index (χ3v) is 4.76. The fourth-order valence-electron chi connectivity index (χ4n) is 3.13. The molecule has 0 atom stereocenters. The van der Waals surface area contributed by atoms with Gasteiger partial charge < -0.3 is 0 Å². The predicted molar refractivity (Wildman–Crippen MR) is 109 cm³/mol. The monoisotopic (exact) mass is 337 g/mol. The molecular weight excluding hydrogens is 294 g/mol. The average Bonchev–Trinajstić information content (AvgIpc) is 2.60. The number of allylic oxidation sites excluding steroid dienone is 2. The summed E-state index contributed by atoms with van der Waals surface area (Å²) in [6, 6.07) is 0. The van der Waals surface area contributed by atoms with Crippen LogP contribution in [0.2, 0.25) is 0 Å². The Morgan fingerprint density at radius 3 is 1.33 bits per heavy atom. The largest absolute Gasteiger partial charge is 0.151 e. The van der Waals surface area contributed by atoms with Crippen LogP contribution in [-0.4, -0.2) is 6.54 Å². The molecule has 0 saturated heterocycles. The fourth-order valence-corrected chi connectivity index (χ4v) is 3.13. The lowest BCUT2D eigenvalue weighted by atomic mass is 10.1. The Bertz CT molecular complexity index is 263. The first-order valence-corrected chi connectivity index (χ1v) is 10.9. The highest BCUT2D eigenvalue weighted by atomic mass is 16.3. The molecule has 0 radical (unpaired) electrons. The van der Waals surface area contributed by atoms with Crippen molar-refractivity contribution in [2.24, 2.45) is 5.18 Å². The first-order valence-electron chi connectivity index (χ1n) is 10.9. The number of nitroso groups, excluding NO2 is 1. The van der Waals surface area contributed by atoms with E-state index in [2.05, 4.69) is 24.3 Å². The van der Waals surface area contributed by atoms with Gasteiger partial charge in [0.1, 0.15) is 0 Å². The van der Waals surface area contributed by atoms with Gasteiger partial charge in [-0.15, -0.1) is 0 Å². The van der Waals surface area contributed by atoms with E-state index in [-0.39, 0.29) is 0 Å². The van der Waals surface area contributed by atoms with Crippen LogP contribution in [0.1, 0.15) is 122 Å². The second-order valence-corrected chi connectivity index (χ2v) is 7.20. The second kappa shape index (κ2) is 22.3. The number of rotatable bonds is 20. The second-order valence-electron chi connectivity index (χ2n) is 7.20. The Kier molecular flexibility index (Phi) is 21.7. The van der Waals surface area contributed by atoms with Crippen LogP contribution < -0.4 is 0 Å². The van der Waals surface area contributed by atoms with E-state index >= 15 is 0 Å². The highest BCUT2D eigenvalue weighted by Crippen LogP contribution is 2.12. The van der Waals surface area contributed by atoms with Crippen molar-refractivity contribution in [3.8, 4) is 0 Å². The maximum Gasteiger partial charge on any atom is 0.0811 e. The minimum atomic E-state index is 0.507. The van der Waals surface area contributed by atoms with Crippen molar-refractivity contribution in [1.82, 2.24) is 0 Å². The van der Waals surface area contributed by atoms with Gasteiger partial charge in [-0.3, -0.25) is 0 Å². The predicted octanol–water partition coefficient (Wildman–Crippen LogP) is 8.35. The van der Waals surface area contributed by atoms with Crippen molar-refractivity contribution in [1.29, 1.82) is 0 Å². The van der Waals surface area contributed by atoms with E-state index in [0.29, 0.717) is 6.54 Å². The molecule has 142 valence electrons. The maximum atomic E-state index is 9.94. The molecule has 0 aliphatic heterocycles. The van der Waals surface area contributed by atoms with Gasteiger partial charge in [0.25, 0.3) is 0 Å². The molecule has 0 aromatic heterocycles. The van der Waals surface area contributed by atoms with E-state index in [1.54, 1.807) is 0 Å². The number of nitrogens with zero attached hydrogens (tertiary/aromatic N) is 1. The number of unbranched alkanes of at least 4 members (excludes halogenated alkanes) is 16. The molecule has 24 heavy (non-hydrogen) atoms. The Balaban J connectivity index is 3.04. The van der Waals surface area contributed by atoms with Crippen LogP contribution in [0.15, 0.2) is 17.3 Å². The molecule has 0 bridgehead atoms. The van der Waals surface area contributed by atoms with Gasteiger partial charge in [-0.25, -0.2) is 0 Å². The molecule has 0 heterocycles. The van der Waals surface area contributed by atoms with Crippen molar-refractivity contribution in [2.45, 2.75) is 122 Å². The van der Waals surface area contributed by atoms with Gasteiger partial charge in [0, 0.05) is 0 Å². The van der Waals surface area contributed by atoms with Gasteiger partial charge in [-0.1, -0.05) is 108 Å². The van der Waals surface area contributed by atoms with E-state index < -0.39 is 0 Å².